The maximum absolute atomic E-state index is 8.46. The van der Waals surface area contributed by atoms with Gasteiger partial charge >= 0.3 is 0 Å². The molecule has 0 saturated carbocycles. The van der Waals surface area contributed by atoms with Gasteiger partial charge in [-0.1, -0.05) is 18.5 Å². The molecule has 0 saturated heterocycles. The molecule has 4 heteroatoms. The van der Waals surface area contributed by atoms with Gasteiger partial charge < -0.3 is 10.9 Å². The molecule has 1 aromatic rings. The minimum Gasteiger partial charge on any atom is -0.409 e. The Morgan fingerprint density at radius 1 is 1.50 bits per heavy atom. The van der Waals surface area contributed by atoms with E-state index in [2.05, 4.69) is 16.6 Å². The first-order chi connectivity index (χ1) is 6.77. The van der Waals surface area contributed by atoms with Gasteiger partial charge in [0.25, 0.3) is 0 Å². The van der Waals surface area contributed by atoms with Crippen molar-refractivity contribution >= 4 is 5.84 Å². The molecule has 14 heavy (non-hydrogen) atoms. The molecule has 0 aromatic carbocycles. The lowest BCUT2D eigenvalue weighted by molar-refractivity contribution is -0.697. The van der Waals surface area contributed by atoms with Crippen molar-refractivity contribution in [1.82, 2.24) is 0 Å². The molecule has 0 aliphatic carbocycles. The number of rotatable bonds is 4. The molecule has 0 spiro atoms. The van der Waals surface area contributed by atoms with Crippen LogP contribution in [0.3, 0.4) is 0 Å². The molecule has 1 rings (SSSR count). The van der Waals surface area contributed by atoms with Crippen LogP contribution in [0.4, 0.5) is 0 Å². The average molecular weight is 194 g/mol. The zero-order valence-electron chi connectivity index (χ0n) is 8.35. The first-order valence-corrected chi connectivity index (χ1v) is 4.75. The molecule has 0 aliphatic rings. The van der Waals surface area contributed by atoms with Crippen LogP contribution in [-0.4, -0.2) is 11.0 Å². The average Bonchev–Trinajstić information content (AvgIpc) is 2.26. The summed E-state index contributed by atoms with van der Waals surface area (Å²) in [5.41, 5.74) is 6.17. The molecule has 0 bridgehead atoms. The summed E-state index contributed by atoms with van der Waals surface area (Å²) in [6.45, 7) is 3.16. The van der Waals surface area contributed by atoms with Crippen molar-refractivity contribution in [1.29, 1.82) is 0 Å². The summed E-state index contributed by atoms with van der Waals surface area (Å²) >= 11 is 0. The van der Waals surface area contributed by atoms with Gasteiger partial charge in [-0.2, -0.15) is 0 Å². The zero-order chi connectivity index (χ0) is 10.4. The fraction of sp³-hybridized carbons (Fsp3) is 0.400. The molecule has 1 heterocycles. The second kappa shape index (κ2) is 5.21. The van der Waals surface area contributed by atoms with Gasteiger partial charge in [0, 0.05) is 24.1 Å². The molecule has 0 fully saturated rings. The number of aromatic nitrogens is 1. The van der Waals surface area contributed by atoms with Crippen molar-refractivity contribution in [2.75, 3.05) is 0 Å². The van der Waals surface area contributed by atoms with Gasteiger partial charge in [0.05, 0.1) is 0 Å². The molecule has 3 N–H and O–H groups in total. The highest BCUT2D eigenvalue weighted by Gasteiger charge is 2.02. The monoisotopic (exact) mass is 194 g/mol. The normalized spacial score (nSPS) is 11.6. The Labute approximate surface area is 83.7 Å². The van der Waals surface area contributed by atoms with Crippen molar-refractivity contribution in [2.24, 2.45) is 10.9 Å². The number of pyridine rings is 1. The third-order valence-electron chi connectivity index (χ3n) is 2.06. The van der Waals surface area contributed by atoms with E-state index in [1.165, 1.54) is 6.42 Å². The molecular formula is C10H16N3O+. The third kappa shape index (κ3) is 2.73. The molecule has 4 nitrogen and oxygen atoms in total. The Hall–Kier alpha value is -1.58. The lowest BCUT2D eigenvalue weighted by Gasteiger charge is -1.97. The minimum atomic E-state index is 0.146. The van der Waals surface area contributed by atoms with E-state index in [4.69, 9.17) is 10.9 Å². The summed E-state index contributed by atoms with van der Waals surface area (Å²) in [7, 11) is 0. The van der Waals surface area contributed by atoms with E-state index in [0.717, 1.165) is 18.5 Å². The van der Waals surface area contributed by atoms with Gasteiger partial charge in [0.15, 0.2) is 18.2 Å². The molecule has 0 aliphatic heterocycles. The van der Waals surface area contributed by atoms with Crippen LogP contribution in [0.25, 0.3) is 0 Å². The highest BCUT2D eigenvalue weighted by atomic mass is 16.4. The number of oxime groups is 1. The SMILES string of the molecule is CCCC[n+]1ccc(C(N)=NO)cc1. The van der Waals surface area contributed by atoms with E-state index in [0.29, 0.717) is 0 Å². The van der Waals surface area contributed by atoms with Crippen LogP contribution in [-0.2, 0) is 6.54 Å². The van der Waals surface area contributed by atoms with Crippen LogP contribution in [0.1, 0.15) is 25.3 Å². The van der Waals surface area contributed by atoms with Crippen LogP contribution < -0.4 is 10.3 Å². The van der Waals surface area contributed by atoms with Crippen molar-refractivity contribution in [2.45, 2.75) is 26.3 Å². The summed E-state index contributed by atoms with van der Waals surface area (Å²) in [5.74, 6) is 0.146. The Kier molecular flexibility index (Phi) is 3.91. The van der Waals surface area contributed by atoms with Gasteiger partial charge in [-0.15, -0.1) is 0 Å². The molecule has 0 radical (unpaired) electrons. The molecule has 0 unspecified atom stereocenters. The number of aryl methyl sites for hydroxylation is 1. The van der Waals surface area contributed by atoms with Crippen LogP contribution in [0.15, 0.2) is 29.7 Å². The Morgan fingerprint density at radius 3 is 2.64 bits per heavy atom. The maximum atomic E-state index is 8.46. The second-order valence-corrected chi connectivity index (χ2v) is 3.16. The minimum absolute atomic E-state index is 0.146. The molecular weight excluding hydrogens is 178 g/mol. The van der Waals surface area contributed by atoms with Gasteiger partial charge in [0.2, 0.25) is 0 Å². The summed E-state index contributed by atoms with van der Waals surface area (Å²) in [5, 5.41) is 11.4. The van der Waals surface area contributed by atoms with Gasteiger partial charge in [-0.25, -0.2) is 4.57 Å². The first kappa shape index (κ1) is 10.5. The van der Waals surface area contributed by atoms with Crippen molar-refractivity contribution in [3.05, 3.63) is 30.1 Å². The third-order valence-corrected chi connectivity index (χ3v) is 2.06. The molecule has 0 amide bonds. The van der Waals surface area contributed by atoms with Gasteiger partial charge in [-0.3, -0.25) is 0 Å². The lowest BCUT2D eigenvalue weighted by atomic mass is 10.2. The van der Waals surface area contributed by atoms with Crippen molar-refractivity contribution < 1.29 is 9.77 Å². The summed E-state index contributed by atoms with van der Waals surface area (Å²) in [4.78, 5) is 0. The molecule has 1 aromatic heterocycles. The number of nitrogens with zero attached hydrogens (tertiary/aromatic N) is 2. The summed E-state index contributed by atoms with van der Waals surface area (Å²) < 4.78 is 2.08. The van der Waals surface area contributed by atoms with E-state index in [9.17, 15) is 0 Å². The number of hydrogen-bond acceptors (Lipinski definition) is 2. The lowest BCUT2D eigenvalue weighted by Crippen LogP contribution is -2.33. The van der Waals surface area contributed by atoms with E-state index in [1.807, 2.05) is 24.5 Å². The Bertz CT molecular complexity index is 306. The van der Waals surface area contributed by atoms with Crippen LogP contribution in [0, 0.1) is 0 Å². The zero-order valence-corrected chi connectivity index (χ0v) is 8.35. The molecule has 0 atom stereocenters. The highest BCUT2D eigenvalue weighted by Crippen LogP contribution is 1.94. The maximum Gasteiger partial charge on any atom is 0.170 e. The summed E-state index contributed by atoms with van der Waals surface area (Å²) in [6.07, 6.45) is 6.20. The number of amidine groups is 1. The number of unbranched alkanes of at least 4 members (excludes halogenated alkanes) is 1. The predicted molar refractivity (Wildman–Crippen MR) is 54.1 cm³/mol. The predicted octanol–water partition coefficient (Wildman–Crippen LogP) is 0.869. The van der Waals surface area contributed by atoms with Gasteiger partial charge in [-0.05, 0) is 0 Å². The van der Waals surface area contributed by atoms with Gasteiger partial charge in [0.1, 0.15) is 6.54 Å². The van der Waals surface area contributed by atoms with Crippen LogP contribution in [0.5, 0.6) is 0 Å². The Balaban J connectivity index is 2.68. The fourth-order valence-corrected chi connectivity index (χ4v) is 1.18. The van der Waals surface area contributed by atoms with E-state index >= 15 is 0 Å². The van der Waals surface area contributed by atoms with E-state index in [1.54, 1.807) is 0 Å². The van der Waals surface area contributed by atoms with Crippen molar-refractivity contribution in [3.63, 3.8) is 0 Å². The van der Waals surface area contributed by atoms with E-state index < -0.39 is 0 Å². The topological polar surface area (TPSA) is 62.5 Å². The smallest absolute Gasteiger partial charge is 0.170 e. The quantitative estimate of drug-likeness (QED) is 0.245. The number of nitrogens with two attached hydrogens (primary N) is 1. The first-order valence-electron chi connectivity index (χ1n) is 4.75. The molecule has 76 valence electrons. The van der Waals surface area contributed by atoms with Crippen molar-refractivity contribution in [3.8, 4) is 0 Å². The number of hydrogen-bond donors (Lipinski definition) is 2. The van der Waals surface area contributed by atoms with E-state index in [-0.39, 0.29) is 5.84 Å². The standard InChI is InChI=1S/C10H15N3O/c1-2-3-6-13-7-4-9(5-8-13)10(11)12-14/h4-5,7-8H,2-3,6,11H2,1H3/p+1. The second-order valence-electron chi connectivity index (χ2n) is 3.16. The Morgan fingerprint density at radius 2 is 2.14 bits per heavy atom. The van der Waals surface area contributed by atoms with Crippen LogP contribution in [0.2, 0.25) is 0 Å². The summed E-state index contributed by atoms with van der Waals surface area (Å²) in [6, 6.07) is 3.68. The largest absolute Gasteiger partial charge is 0.409 e. The fourth-order valence-electron chi connectivity index (χ4n) is 1.18. The van der Waals surface area contributed by atoms with Crippen LogP contribution >= 0.6 is 0 Å². The highest BCUT2D eigenvalue weighted by molar-refractivity contribution is 5.96.